The highest BCUT2D eigenvalue weighted by molar-refractivity contribution is 5.71. The Morgan fingerprint density at radius 2 is 0.844 bits per heavy atom. The van der Waals surface area contributed by atoms with Crippen molar-refractivity contribution in [2.24, 2.45) is 11.8 Å². The highest BCUT2D eigenvalue weighted by atomic mass is 16.6. The molecule has 0 N–H and O–H groups in total. The molecule has 0 spiro atoms. The van der Waals surface area contributed by atoms with Crippen LogP contribution in [-0.4, -0.2) is 37.2 Å². The number of hydrogen-bond donors (Lipinski definition) is 0. The Balaban J connectivity index is 4.25. The van der Waals surface area contributed by atoms with Gasteiger partial charge in [-0.05, 0) is 31.1 Å². The van der Waals surface area contributed by atoms with Gasteiger partial charge in [0.1, 0.15) is 13.2 Å². The number of rotatable bonds is 33. The minimum atomic E-state index is -0.757. The van der Waals surface area contributed by atoms with E-state index in [-0.39, 0.29) is 31.1 Å². The molecule has 0 aromatic heterocycles. The van der Waals surface area contributed by atoms with Gasteiger partial charge in [0.2, 0.25) is 0 Å². The molecule has 0 aliphatic carbocycles. The predicted octanol–water partition coefficient (Wildman–Crippen LogP) is 11.5. The molecule has 266 valence electrons. The largest absolute Gasteiger partial charge is 0.462 e. The fourth-order valence-electron chi connectivity index (χ4n) is 5.48. The summed E-state index contributed by atoms with van der Waals surface area (Å²) in [4.78, 5) is 37.2. The molecule has 0 heterocycles. The molecule has 0 aromatic carbocycles. The van der Waals surface area contributed by atoms with Crippen molar-refractivity contribution in [2.75, 3.05) is 13.2 Å². The number of hydrogen-bond acceptors (Lipinski definition) is 6. The second-order valence-electron chi connectivity index (χ2n) is 13.9. The Hall–Kier alpha value is -1.59. The summed E-state index contributed by atoms with van der Waals surface area (Å²) in [6.45, 7) is 11.2. The number of carbonyl (C=O) groups is 3. The van der Waals surface area contributed by atoms with E-state index in [1.807, 2.05) is 0 Å². The first-order chi connectivity index (χ1) is 21.8. The number of esters is 3. The lowest BCUT2D eigenvalue weighted by Crippen LogP contribution is -2.30. The van der Waals surface area contributed by atoms with Crippen molar-refractivity contribution in [3.05, 3.63) is 0 Å². The molecule has 0 fully saturated rings. The van der Waals surface area contributed by atoms with Crippen LogP contribution in [0.3, 0.4) is 0 Å². The van der Waals surface area contributed by atoms with Crippen molar-refractivity contribution in [1.29, 1.82) is 0 Å². The van der Waals surface area contributed by atoms with E-state index in [9.17, 15) is 14.4 Å². The van der Waals surface area contributed by atoms with Crippen LogP contribution >= 0.6 is 0 Å². The Labute approximate surface area is 278 Å². The van der Waals surface area contributed by atoms with Gasteiger partial charge < -0.3 is 14.2 Å². The third-order valence-corrected chi connectivity index (χ3v) is 8.83. The van der Waals surface area contributed by atoms with Gasteiger partial charge in [-0.1, -0.05) is 163 Å². The van der Waals surface area contributed by atoms with Crippen LogP contribution in [0.25, 0.3) is 0 Å². The van der Waals surface area contributed by atoms with Crippen LogP contribution in [0.1, 0.15) is 202 Å². The molecule has 1 unspecified atom stereocenters. The lowest BCUT2D eigenvalue weighted by atomic mass is 10.00. The zero-order valence-electron chi connectivity index (χ0n) is 30.5. The summed E-state index contributed by atoms with van der Waals surface area (Å²) in [5.74, 6) is 0.738. The smallest absolute Gasteiger partial charge is 0.306 e. The van der Waals surface area contributed by atoms with Crippen molar-refractivity contribution in [1.82, 2.24) is 0 Å². The third-order valence-electron chi connectivity index (χ3n) is 8.83. The van der Waals surface area contributed by atoms with Crippen molar-refractivity contribution in [3.63, 3.8) is 0 Å². The molecule has 0 bridgehead atoms. The predicted molar refractivity (Wildman–Crippen MR) is 187 cm³/mol. The standard InChI is InChI=1S/C39H74O6/c1-6-8-9-17-26-31-39(42)45-36(33-44-38(41)30-25-21-16-15-19-23-28-35(5)7-2)32-43-37(40)29-24-20-14-12-10-11-13-18-22-27-34(3)4/h34-36H,6-33H2,1-5H3/t35?,36-/m0/s1. The highest BCUT2D eigenvalue weighted by Crippen LogP contribution is 2.16. The first kappa shape index (κ1) is 43.4. The van der Waals surface area contributed by atoms with E-state index in [0.29, 0.717) is 19.3 Å². The molecule has 0 aromatic rings. The maximum Gasteiger partial charge on any atom is 0.306 e. The van der Waals surface area contributed by atoms with Crippen molar-refractivity contribution in [3.8, 4) is 0 Å². The van der Waals surface area contributed by atoms with Gasteiger partial charge >= 0.3 is 17.9 Å². The van der Waals surface area contributed by atoms with Gasteiger partial charge in [0, 0.05) is 19.3 Å². The molecule has 0 saturated heterocycles. The zero-order valence-corrected chi connectivity index (χ0v) is 30.5. The summed E-state index contributed by atoms with van der Waals surface area (Å²) in [7, 11) is 0. The zero-order chi connectivity index (χ0) is 33.4. The van der Waals surface area contributed by atoms with Gasteiger partial charge in [-0.3, -0.25) is 14.4 Å². The quantitative estimate of drug-likeness (QED) is 0.0404. The molecule has 0 aliphatic heterocycles. The lowest BCUT2D eigenvalue weighted by molar-refractivity contribution is -0.167. The number of carbonyl (C=O) groups excluding carboxylic acids is 3. The third kappa shape index (κ3) is 32.2. The summed E-state index contributed by atoms with van der Waals surface area (Å²) in [5, 5.41) is 0. The van der Waals surface area contributed by atoms with E-state index < -0.39 is 6.10 Å². The van der Waals surface area contributed by atoms with Crippen LogP contribution in [-0.2, 0) is 28.6 Å². The van der Waals surface area contributed by atoms with E-state index in [1.165, 1.54) is 83.5 Å². The fourth-order valence-corrected chi connectivity index (χ4v) is 5.48. The van der Waals surface area contributed by atoms with Crippen molar-refractivity contribution < 1.29 is 28.6 Å². The maximum atomic E-state index is 12.4. The van der Waals surface area contributed by atoms with Crippen LogP contribution < -0.4 is 0 Å². The van der Waals surface area contributed by atoms with Crippen LogP contribution in [0.5, 0.6) is 0 Å². The Morgan fingerprint density at radius 1 is 0.467 bits per heavy atom. The second kappa shape index (κ2) is 32.4. The molecule has 6 heteroatoms. The van der Waals surface area contributed by atoms with E-state index in [2.05, 4.69) is 34.6 Å². The normalized spacial score (nSPS) is 12.7. The number of ether oxygens (including phenoxy) is 3. The minimum Gasteiger partial charge on any atom is -0.462 e. The first-order valence-corrected chi connectivity index (χ1v) is 19.3. The lowest BCUT2D eigenvalue weighted by Gasteiger charge is -2.18. The molecule has 45 heavy (non-hydrogen) atoms. The Bertz CT molecular complexity index is 691. The van der Waals surface area contributed by atoms with Gasteiger partial charge in [0.05, 0.1) is 0 Å². The van der Waals surface area contributed by atoms with E-state index in [1.54, 1.807) is 0 Å². The van der Waals surface area contributed by atoms with Crippen molar-refractivity contribution in [2.45, 2.75) is 208 Å². The van der Waals surface area contributed by atoms with Crippen LogP contribution in [0.15, 0.2) is 0 Å². The van der Waals surface area contributed by atoms with Gasteiger partial charge in [-0.15, -0.1) is 0 Å². The van der Waals surface area contributed by atoms with Gasteiger partial charge in [0.15, 0.2) is 6.10 Å². The second-order valence-corrected chi connectivity index (χ2v) is 13.9. The molecular weight excluding hydrogens is 564 g/mol. The average molecular weight is 639 g/mol. The maximum absolute atomic E-state index is 12.4. The Morgan fingerprint density at radius 3 is 1.27 bits per heavy atom. The minimum absolute atomic E-state index is 0.0683. The molecule has 2 atom stereocenters. The SMILES string of the molecule is CCCCCCCC(=O)O[C@@H](COC(=O)CCCCCCCCCCCC(C)C)COC(=O)CCCCCCCCC(C)CC. The van der Waals surface area contributed by atoms with E-state index in [0.717, 1.165) is 76.0 Å². The van der Waals surface area contributed by atoms with Gasteiger partial charge in [-0.2, -0.15) is 0 Å². The number of unbranched alkanes of at least 4 members (excludes halogenated alkanes) is 17. The average Bonchev–Trinajstić information content (AvgIpc) is 3.01. The summed E-state index contributed by atoms with van der Waals surface area (Å²) in [6, 6.07) is 0. The Kier molecular flexibility index (Phi) is 31.2. The molecule has 0 radical (unpaired) electrons. The highest BCUT2D eigenvalue weighted by Gasteiger charge is 2.19. The van der Waals surface area contributed by atoms with Crippen LogP contribution in [0, 0.1) is 11.8 Å². The van der Waals surface area contributed by atoms with E-state index in [4.69, 9.17) is 14.2 Å². The summed E-state index contributed by atoms with van der Waals surface area (Å²) in [5.41, 5.74) is 0. The topological polar surface area (TPSA) is 78.9 Å². The molecule has 0 aliphatic rings. The summed E-state index contributed by atoms with van der Waals surface area (Å²) < 4.78 is 16.5. The first-order valence-electron chi connectivity index (χ1n) is 19.3. The van der Waals surface area contributed by atoms with Gasteiger partial charge in [-0.25, -0.2) is 0 Å². The molecule has 0 rings (SSSR count). The van der Waals surface area contributed by atoms with Crippen LogP contribution in [0.2, 0.25) is 0 Å². The van der Waals surface area contributed by atoms with Crippen LogP contribution in [0.4, 0.5) is 0 Å². The summed E-state index contributed by atoms with van der Waals surface area (Å²) in [6.07, 6.45) is 26.9. The fraction of sp³-hybridized carbons (Fsp3) is 0.923. The molecular formula is C39H74O6. The van der Waals surface area contributed by atoms with E-state index >= 15 is 0 Å². The summed E-state index contributed by atoms with van der Waals surface area (Å²) >= 11 is 0. The van der Waals surface area contributed by atoms with Crippen molar-refractivity contribution >= 4 is 17.9 Å². The monoisotopic (exact) mass is 639 g/mol. The molecule has 0 saturated carbocycles. The van der Waals surface area contributed by atoms with Gasteiger partial charge in [0.25, 0.3) is 0 Å². The molecule has 6 nitrogen and oxygen atoms in total. The molecule has 0 amide bonds.